The van der Waals surface area contributed by atoms with Crippen LogP contribution < -0.4 is 10.6 Å². The number of carboxylic acid groups (broad SMARTS) is 1. The van der Waals surface area contributed by atoms with Crippen molar-refractivity contribution in [2.75, 3.05) is 19.8 Å². The second-order valence-corrected chi connectivity index (χ2v) is 5.91. The number of rotatable bonds is 6. The first kappa shape index (κ1) is 15.7. The number of aromatic nitrogens is 1. The van der Waals surface area contributed by atoms with Crippen LogP contribution in [0.3, 0.4) is 0 Å². The minimum Gasteiger partial charge on any atom is -0.476 e. The molecule has 0 aliphatic carbocycles. The van der Waals surface area contributed by atoms with Gasteiger partial charge in [-0.05, 0) is 25.7 Å². The van der Waals surface area contributed by atoms with Crippen LogP contribution in [0.1, 0.15) is 41.3 Å². The summed E-state index contributed by atoms with van der Waals surface area (Å²) in [7, 11) is 0. The third-order valence-corrected chi connectivity index (χ3v) is 4.35. The van der Waals surface area contributed by atoms with Crippen molar-refractivity contribution in [2.24, 2.45) is 5.92 Å². The van der Waals surface area contributed by atoms with Crippen molar-refractivity contribution in [1.29, 1.82) is 0 Å². The van der Waals surface area contributed by atoms with Crippen LogP contribution in [0, 0.1) is 5.92 Å². The molecule has 1 aromatic heterocycles. The number of aromatic carboxylic acids is 1. The van der Waals surface area contributed by atoms with Crippen LogP contribution in [-0.4, -0.2) is 41.8 Å². The fourth-order valence-electron chi connectivity index (χ4n) is 2.09. The normalized spacial score (nSPS) is 19.2. The summed E-state index contributed by atoms with van der Waals surface area (Å²) in [5.74, 6) is -0.534. The average Bonchev–Trinajstić information content (AvgIpc) is 3.09. The topological polar surface area (TPSA) is 101 Å². The molecule has 1 aliphatic heterocycles. The van der Waals surface area contributed by atoms with E-state index in [2.05, 4.69) is 15.6 Å². The van der Waals surface area contributed by atoms with E-state index in [1.165, 1.54) is 16.7 Å². The highest BCUT2D eigenvalue weighted by Gasteiger charge is 2.17. The monoisotopic (exact) mass is 313 g/mol. The van der Waals surface area contributed by atoms with E-state index in [-0.39, 0.29) is 17.8 Å². The summed E-state index contributed by atoms with van der Waals surface area (Å²) < 4.78 is 5.28. The van der Waals surface area contributed by atoms with Gasteiger partial charge in [-0.25, -0.2) is 14.6 Å². The van der Waals surface area contributed by atoms with E-state index < -0.39 is 5.97 Å². The number of carbonyl (C=O) groups excluding carboxylic acids is 1. The van der Waals surface area contributed by atoms with Crippen LogP contribution in [-0.2, 0) is 4.74 Å². The SMILES string of the molecule is CC(NC(=O)NCCC1CCOC1)c1nc(C(=O)O)cs1. The molecule has 8 heteroatoms. The average molecular weight is 313 g/mol. The highest BCUT2D eigenvalue weighted by atomic mass is 32.1. The second-order valence-electron chi connectivity index (χ2n) is 5.02. The zero-order chi connectivity index (χ0) is 15.2. The van der Waals surface area contributed by atoms with E-state index in [0.717, 1.165) is 26.1 Å². The molecule has 0 saturated carbocycles. The lowest BCUT2D eigenvalue weighted by Crippen LogP contribution is -2.38. The van der Waals surface area contributed by atoms with Crippen LogP contribution in [0.4, 0.5) is 4.79 Å². The number of carbonyl (C=O) groups is 2. The Hall–Kier alpha value is -1.67. The molecule has 0 spiro atoms. The number of urea groups is 1. The van der Waals surface area contributed by atoms with Crippen molar-refractivity contribution in [3.8, 4) is 0 Å². The molecule has 116 valence electrons. The Morgan fingerprint density at radius 1 is 1.62 bits per heavy atom. The molecule has 3 N–H and O–H groups in total. The molecule has 7 nitrogen and oxygen atoms in total. The molecule has 1 fully saturated rings. The van der Waals surface area contributed by atoms with Gasteiger partial charge in [0.15, 0.2) is 5.69 Å². The van der Waals surface area contributed by atoms with E-state index in [1.54, 1.807) is 6.92 Å². The summed E-state index contributed by atoms with van der Waals surface area (Å²) in [6.45, 7) is 3.96. The molecule has 0 radical (unpaired) electrons. The van der Waals surface area contributed by atoms with Gasteiger partial charge in [0, 0.05) is 25.1 Å². The molecular formula is C13H19N3O4S. The highest BCUT2D eigenvalue weighted by molar-refractivity contribution is 7.09. The first-order valence-electron chi connectivity index (χ1n) is 6.87. The van der Waals surface area contributed by atoms with Gasteiger partial charge in [-0.3, -0.25) is 0 Å². The standard InChI is InChI=1S/C13H19N3O4S/c1-8(11-16-10(7-21-11)12(17)18)15-13(19)14-4-2-9-3-5-20-6-9/h7-9H,2-6H2,1H3,(H,17,18)(H2,14,15,19). The van der Waals surface area contributed by atoms with Gasteiger partial charge < -0.3 is 20.5 Å². The zero-order valence-electron chi connectivity index (χ0n) is 11.8. The van der Waals surface area contributed by atoms with Gasteiger partial charge in [-0.1, -0.05) is 0 Å². The third-order valence-electron chi connectivity index (χ3n) is 3.32. The number of ether oxygens (including phenoxy) is 1. The summed E-state index contributed by atoms with van der Waals surface area (Å²) in [5.41, 5.74) is 0.00490. The molecule has 2 rings (SSSR count). The summed E-state index contributed by atoms with van der Waals surface area (Å²) in [6, 6.07) is -0.591. The quantitative estimate of drug-likeness (QED) is 0.741. The smallest absolute Gasteiger partial charge is 0.355 e. The molecule has 1 saturated heterocycles. The molecule has 2 amide bonds. The van der Waals surface area contributed by atoms with Gasteiger partial charge >= 0.3 is 12.0 Å². The number of amides is 2. The Kier molecular flexibility index (Phi) is 5.51. The minimum atomic E-state index is -1.06. The lowest BCUT2D eigenvalue weighted by molar-refractivity contribution is 0.0691. The van der Waals surface area contributed by atoms with Gasteiger partial charge in [-0.15, -0.1) is 11.3 Å². The van der Waals surface area contributed by atoms with E-state index in [4.69, 9.17) is 9.84 Å². The largest absolute Gasteiger partial charge is 0.476 e. The number of hydrogen-bond acceptors (Lipinski definition) is 5. The Balaban J connectivity index is 1.71. The highest BCUT2D eigenvalue weighted by Crippen LogP contribution is 2.18. The van der Waals surface area contributed by atoms with Gasteiger partial charge in [0.25, 0.3) is 0 Å². The molecular weight excluding hydrogens is 294 g/mol. The molecule has 2 unspecified atom stereocenters. The molecule has 0 aromatic carbocycles. The summed E-state index contributed by atoms with van der Waals surface area (Å²) in [5, 5.41) is 16.4. The first-order chi connectivity index (χ1) is 10.1. The maximum atomic E-state index is 11.7. The van der Waals surface area contributed by atoms with E-state index in [0.29, 0.717) is 17.5 Å². The van der Waals surface area contributed by atoms with Gasteiger partial charge in [0.05, 0.1) is 6.04 Å². The van der Waals surface area contributed by atoms with Gasteiger partial charge in [0.2, 0.25) is 0 Å². The van der Waals surface area contributed by atoms with Crippen LogP contribution in [0.2, 0.25) is 0 Å². The van der Waals surface area contributed by atoms with E-state index >= 15 is 0 Å². The Bertz CT molecular complexity index is 499. The number of carboxylic acids is 1. The molecule has 1 aromatic rings. The van der Waals surface area contributed by atoms with Crippen molar-refractivity contribution in [1.82, 2.24) is 15.6 Å². The predicted molar refractivity (Wildman–Crippen MR) is 77.6 cm³/mol. The Morgan fingerprint density at radius 3 is 3.05 bits per heavy atom. The summed E-state index contributed by atoms with van der Waals surface area (Å²) in [6.07, 6.45) is 1.96. The lowest BCUT2D eigenvalue weighted by Gasteiger charge is -2.13. The minimum absolute atomic E-state index is 0.00490. The lowest BCUT2D eigenvalue weighted by atomic mass is 10.1. The number of nitrogens with one attached hydrogen (secondary N) is 2. The van der Waals surface area contributed by atoms with Crippen molar-refractivity contribution in [3.05, 3.63) is 16.1 Å². The summed E-state index contributed by atoms with van der Waals surface area (Å²) >= 11 is 1.22. The Morgan fingerprint density at radius 2 is 2.43 bits per heavy atom. The van der Waals surface area contributed by atoms with E-state index in [1.807, 2.05) is 0 Å². The van der Waals surface area contributed by atoms with Gasteiger partial charge in [-0.2, -0.15) is 0 Å². The predicted octanol–water partition coefficient (Wildman–Crippen LogP) is 1.63. The van der Waals surface area contributed by atoms with Crippen molar-refractivity contribution < 1.29 is 19.4 Å². The van der Waals surface area contributed by atoms with E-state index in [9.17, 15) is 9.59 Å². The van der Waals surface area contributed by atoms with Crippen LogP contribution in [0.5, 0.6) is 0 Å². The molecule has 1 aliphatic rings. The third kappa shape index (κ3) is 4.68. The van der Waals surface area contributed by atoms with Crippen molar-refractivity contribution in [2.45, 2.75) is 25.8 Å². The van der Waals surface area contributed by atoms with Gasteiger partial charge in [0.1, 0.15) is 5.01 Å². The van der Waals surface area contributed by atoms with Crippen LogP contribution in [0.25, 0.3) is 0 Å². The maximum absolute atomic E-state index is 11.7. The molecule has 2 atom stereocenters. The zero-order valence-corrected chi connectivity index (χ0v) is 12.6. The molecule has 0 bridgehead atoms. The molecule has 2 heterocycles. The number of nitrogens with zero attached hydrogens (tertiary/aromatic N) is 1. The van der Waals surface area contributed by atoms with Crippen molar-refractivity contribution >= 4 is 23.3 Å². The Labute approximate surface area is 126 Å². The second kappa shape index (κ2) is 7.37. The molecule has 21 heavy (non-hydrogen) atoms. The van der Waals surface area contributed by atoms with Crippen LogP contribution in [0.15, 0.2) is 5.38 Å². The van der Waals surface area contributed by atoms with Crippen LogP contribution >= 0.6 is 11.3 Å². The summed E-state index contributed by atoms with van der Waals surface area (Å²) in [4.78, 5) is 26.5. The van der Waals surface area contributed by atoms with Crippen molar-refractivity contribution in [3.63, 3.8) is 0 Å². The first-order valence-corrected chi connectivity index (χ1v) is 7.75. The fraction of sp³-hybridized carbons (Fsp3) is 0.615. The maximum Gasteiger partial charge on any atom is 0.355 e. The number of hydrogen-bond donors (Lipinski definition) is 3. The number of thiazole rings is 1. The fourth-order valence-corrected chi connectivity index (χ4v) is 2.89.